The second kappa shape index (κ2) is 4.49. The zero-order valence-electron chi connectivity index (χ0n) is 8.62. The molecule has 0 aliphatic carbocycles. The van der Waals surface area contributed by atoms with Gasteiger partial charge in [-0.1, -0.05) is 22.0 Å². The molecule has 0 saturated carbocycles. The molecule has 82 valence electrons. The molecule has 0 unspecified atom stereocenters. The third kappa shape index (κ3) is 2.09. The number of fused-ring (bicyclic) bond motifs is 1. The van der Waals surface area contributed by atoms with Gasteiger partial charge < -0.3 is 9.84 Å². The highest BCUT2D eigenvalue weighted by Crippen LogP contribution is 2.29. The van der Waals surface area contributed by atoms with E-state index in [0.29, 0.717) is 18.5 Å². The van der Waals surface area contributed by atoms with E-state index in [9.17, 15) is 4.79 Å². The molecular formula is C11H10BBrO3. The van der Waals surface area contributed by atoms with E-state index in [1.807, 2.05) is 6.07 Å². The summed E-state index contributed by atoms with van der Waals surface area (Å²) in [7, 11) is 5.92. The van der Waals surface area contributed by atoms with E-state index >= 15 is 0 Å². The third-order valence-electron chi connectivity index (χ3n) is 2.63. The Hall–Kier alpha value is -0.965. The molecule has 2 radical (unpaired) electrons. The lowest BCUT2D eigenvalue weighted by Gasteiger charge is -2.11. The summed E-state index contributed by atoms with van der Waals surface area (Å²) in [5.41, 5.74) is 2.58. The lowest BCUT2D eigenvalue weighted by Crippen LogP contribution is -2.12. The number of aliphatic carboxylic acids is 1. The van der Waals surface area contributed by atoms with E-state index in [1.165, 1.54) is 0 Å². The van der Waals surface area contributed by atoms with Crippen LogP contribution in [0.3, 0.4) is 0 Å². The maximum Gasteiger partial charge on any atom is 0.303 e. The van der Waals surface area contributed by atoms with E-state index < -0.39 is 5.97 Å². The maximum atomic E-state index is 10.5. The fourth-order valence-electron chi connectivity index (χ4n) is 1.83. The number of halogens is 1. The van der Waals surface area contributed by atoms with Crippen LogP contribution in [0.5, 0.6) is 5.75 Å². The number of hydrogen-bond donors (Lipinski definition) is 1. The van der Waals surface area contributed by atoms with Gasteiger partial charge in [0.25, 0.3) is 0 Å². The average Bonchev–Trinajstić information content (AvgIpc) is 2.69. The summed E-state index contributed by atoms with van der Waals surface area (Å²) in [4.78, 5) is 10.5. The highest BCUT2D eigenvalue weighted by Gasteiger charge is 2.18. The zero-order valence-corrected chi connectivity index (χ0v) is 10.2. The minimum Gasteiger partial charge on any atom is -0.494 e. The molecule has 1 N–H and O–H groups in total. The van der Waals surface area contributed by atoms with Crippen LogP contribution < -0.4 is 10.2 Å². The molecule has 0 amide bonds. The Kier molecular flexibility index (Phi) is 3.24. The Morgan fingerprint density at radius 3 is 3.06 bits per heavy atom. The van der Waals surface area contributed by atoms with Crippen molar-refractivity contribution in [3.63, 3.8) is 0 Å². The quantitative estimate of drug-likeness (QED) is 0.847. The molecule has 0 spiro atoms. The van der Waals surface area contributed by atoms with Gasteiger partial charge in [-0.15, -0.1) is 0 Å². The van der Waals surface area contributed by atoms with E-state index in [-0.39, 0.29) is 6.42 Å². The molecule has 1 aromatic carbocycles. The van der Waals surface area contributed by atoms with Gasteiger partial charge in [0.2, 0.25) is 0 Å². The minimum atomic E-state index is -0.804. The van der Waals surface area contributed by atoms with Gasteiger partial charge in [0.05, 0.1) is 6.61 Å². The molecule has 3 nitrogen and oxygen atoms in total. The number of rotatable bonds is 3. The van der Waals surface area contributed by atoms with Gasteiger partial charge in [-0.3, -0.25) is 4.79 Å². The summed E-state index contributed by atoms with van der Waals surface area (Å²) in [6, 6.07) is 1.98. The predicted molar refractivity (Wildman–Crippen MR) is 64.7 cm³/mol. The highest BCUT2D eigenvalue weighted by atomic mass is 79.9. The summed E-state index contributed by atoms with van der Waals surface area (Å²) in [5, 5.41) is 8.66. The molecule has 0 aromatic heterocycles. The van der Waals surface area contributed by atoms with Crippen LogP contribution in [-0.2, 0) is 17.6 Å². The minimum absolute atomic E-state index is 0.109. The molecule has 0 saturated heterocycles. The molecular weight excluding hydrogens is 271 g/mol. The van der Waals surface area contributed by atoms with Gasteiger partial charge in [-0.2, -0.15) is 0 Å². The van der Waals surface area contributed by atoms with Crippen LogP contribution in [0.25, 0.3) is 0 Å². The topological polar surface area (TPSA) is 46.5 Å². The summed E-state index contributed by atoms with van der Waals surface area (Å²) < 4.78 is 6.18. The summed E-state index contributed by atoms with van der Waals surface area (Å²) in [5.74, 6) is -0.0619. The molecule has 1 heterocycles. The molecule has 0 bridgehead atoms. The highest BCUT2D eigenvalue weighted by molar-refractivity contribution is 9.10. The number of hydrogen-bond acceptors (Lipinski definition) is 2. The smallest absolute Gasteiger partial charge is 0.303 e. The van der Waals surface area contributed by atoms with Crippen molar-refractivity contribution in [2.45, 2.75) is 19.3 Å². The van der Waals surface area contributed by atoms with Gasteiger partial charge >= 0.3 is 5.97 Å². The molecule has 5 heteroatoms. The maximum absolute atomic E-state index is 10.5. The van der Waals surface area contributed by atoms with Gasteiger partial charge in [0, 0.05) is 17.3 Å². The predicted octanol–water partition coefficient (Wildman–Crippen LogP) is 1.19. The molecule has 1 aliphatic rings. The van der Waals surface area contributed by atoms with Crippen LogP contribution in [0.4, 0.5) is 0 Å². The summed E-state index contributed by atoms with van der Waals surface area (Å²) >= 11 is 3.39. The van der Waals surface area contributed by atoms with Crippen molar-refractivity contribution < 1.29 is 14.6 Å². The lowest BCUT2D eigenvalue weighted by atomic mass is 9.89. The SMILES string of the molecule is [B]c1c(Br)c(CCC(=O)O)cc2c1OCC2. The van der Waals surface area contributed by atoms with Crippen LogP contribution in [0.2, 0.25) is 0 Å². The van der Waals surface area contributed by atoms with E-state index in [2.05, 4.69) is 15.9 Å². The van der Waals surface area contributed by atoms with E-state index in [4.69, 9.17) is 17.7 Å². The number of carboxylic acids is 1. The van der Waals surface area contributed by atoms with Crippen molar-refractivity contribution in [3.8, 4) is 5.75 Å². The Bertz CT molecular complexity index is 445. The standard InChI is InChI=1S/C11H10BBrO3/c12-9-10(13)6(1-2-8(14)15)5-7-3-4-16-11(7)9/h5H,1-4H2,(H,14,15). The van der Waals surface area contributed by atoms with Crippen molar-refractivity contribution >= 4 is 35.2 Å². The van der Waals surface area contributed by atoms with Crippen molar-refractivity contribution in [2.75, 3.05) is 6.61 Å². The zero-order chi connectivity index (χ0) is 11.7. The third-order valence-corrected chi connectivity index (χ3v) is 3.57. The van der Waals surface area contributed by atoms with E-state index in [0.717, 1.165) is 27.8 Å². The van der Waals surface area contributed by atoms with Crippen LogP contribution in [0, 0.1) is 0 Å². The first-order valence-corrected chi connectivity index (χ1v) is 5.83. The van der Waals surface area contributed by atoms with Crippen molar-refractivity contribution in [2.24, 2.45) is 0 Å². The summed E-state index contributed by atoms with van der Waals surface area (Å²) in [6.45, 7) is 0.647. The van der Waals surface area contributed by atoms with Crippen molar-refractivity contribution in [1.29, 1.82) is 0 Å². The fourth-order valence-corrected chi connectivity index (χ4v) is 2.32. The number of ether oxygens (including phenoxy) is 1. The fraction of sp³-hybridized carbons (Fsp3) is 0.364. The van der Waals surface area contributed by atoms with Gasteiger partial charge in [-0.25, -0.2) is 0 Å². The molecule has 16 heavy (non-hydrogen) atoms. The van der Waals surface area contributed by atoms with Crippen LogP contribution in [-0.4, -0.2) is 25.5 Å². The molecule has 0 fully saturated rings. The number of carboxylic acid groups (broad SMARTS) is 1. The lowest BCUT2D eigenvalue weighted by molar-refractivity contribution is -0.136. The molecule has 1 aromatic rings. The normalized spacial score (nSPS) is 13.3. The first-order chi connectivity index (χ1) is 7.59. The monoisotopic (exact) mass is 280 g/mol. The number of aryl methyl sites for hydroxylation is 1. The van der Waals surface area contributed by atoms with Crippen LogP contribution in [0.1, 0.15) is 17.5 Å². The Morgan fingerprint density at radius 1 is 1.62 bits per heavy atom. The van der Waals surface area contributed by atoms with Crippen molar-refractivity contribution in [3.05, 3.63) is 21.7 Å². The second-order valence-electron chi connectivity index (χ2n) is 3.74. The second-order valence-corrected chi connectivity index (χ2v) is 4.54. The molecule has 2 rings (SSSR count). The van der Waals surface area contributed by atoms with Crippen molar-refractivity contribution in [1.82, 2.24) is 0 Å². The Labute approximate surface area is 103 Å². The number of carbonyl (C=O) groups is 1. The van der Waals surface area contributed by atoms with Crippen LogP contribution in [0.15, 0.2) is 10.5 Å². The average molecular weight is 281 g/mol. The molecule has 1 aliphatic heterocycles. The van der Waals surface area contributed by atoms with Gasteiger partial charge in [-0.05, 0) is 23.0 Å². The van der Waals surface area contributed by atoms with Crippen LogP contribution >= 0.6 is 15.9 Å². The van der Waals surface area contributed by atoms with E-state index in [1.54, 1.807) is 0 Å². The molecule has 0 atom stereocenters. The first kappa shape index (κ1) is 11.5. The Morgan fingerprint density at radius 2 is 2.38 bits per heavy atom. The number of benzene rings is 1. The Balaban J connectivity index is 2.32. The first-order valence-electron chi connectivity index (χ1n) is 5.04. The summed E-state index contributed by atoms with van der Waals surface area (Å²) in [6.07, 6.45) is 1.43. The van der Waals surface area contributed by atoms with Gasteiger partial charge in [0.1, 0.15) is 13.6 Å². The largest absolute Gasteiger partial charge is 0.494 e. The van der Waals surface area contributed by atoms with Gasteiger partial charge in [0.15, 0.2) is 0 Å².